The summed E-state index contributed by atoms with van der Waals surface area (Å²) in [4.78, 5) is 11.3. The van der Waals surface area contributed by atoms with Gasteiger partial charge in [0.1, 0.15) is 0 Å². The van der Waals surface area contributed by atoms with Gasteiger partial charge in [0.05, 0.1) is 13.5 Å². The van der Waals surface area contributed by atoms with Crippen molar-refractivity contribution < 1.29 is 9.53 Å². The minimum atomic E-state index is -0.171. The minimum Gasteiger partial charge on any atom is -0.469 e. The third kappa shape index (κ3) is 3.75. The van der Waals surface area contributed by atoms with Crippen molar-refractivity contribution in [3.05, 3.63) is 35.4 Å². The van der Waals surface area contributed by atoms with E-state index in [9.17, 15) is 4.79 Å². The molecule has 2 rings (SSSR count). The Balaban J connectivity index is 1.87. The molecule has 98 valence electrons. The van der Waals surface area contributed by atoms with Gasteiger partial charge in [-0.15, -0.1) is 0 Å². The van der Waals surface area contributed by atoms with Crippen LogP contribution < -0.4 is 5.32 Å². The molecule has 1 aromatic rings. The number of carbonyl (C=O) groups is 1. The number of ether oxygens (including phenoxy) is 1. The topological polar surface area (TPSA) is 38.3 Å². The molecule has 0 aromatic heterocycles. The average molecular weight is 265 g/mol. The van der Waals surface area contributed by atoms with E-state index >= 15 is 0 Å². The minimum absolute atomic E-state index is 0.171. The standard InChI is InChI=1S/C14H19NO2S/c1-17-14(16)6-12-4-2-3-5-13(12)10-18-9-11-7-15-8-11/h2-5,11,15H,6-10H2,1H3. The third-order valence-corrected chi connectivity index (χ3v) is 4.38. The second kappa shape index (κ2) is 6.81. The van der Waals surface area contributed by atoms with E-state index in [1.54, 1.807) is 0 Å². The molecule has 1 aliphatic rings. The molecule has 0 spiro atoms. The van der Waals surface area contributed by atoms with E-state index in [2.05, 4.69) is 11.4 Å². The summed E-state index contributed by atoms with van der Waals surface area (Å²) in [5.74, 6) is 2.82. The van der Waals surface area contributed by atoms with Crippen LogP contribution in [0.5, 0.6) is 0 Å². The molecule has 0 saturated carbocycles. The molecule has 1 aliphatic heterocycles. The van der Waals surface area contributed by atoms with Gasteiger partial charge in [-0.3, -0.25) is 4.79 Å². The number of hydrogen-bond acceptors (Lipinski definition) is 4. The van der Waals surface area contributed by atoms with Gasteiger partial charge in [-0.2, -0.15) is 11.8 Å². The zero-order valence-electron chi connectivity index (χ0n) is 10.6. The third-order valence-electron chi connectivity index (χ3n) is 3.16. The van der Waals surface area contributed by atoms with E-state index in [-0.39, 0.29) is 5.97 Å². The summed E-state index contributed by atoms with van der Waals surface area (Å²) in [7, 11) is 1.43. The molecule has 0 unspecified atom stereocenters. The SMILES string of the molecule is COC(=O)Cc1ccccc1CSCC1CNC1. The van der Waals surface area contributed by atoms with Crippen molar-refractivity contribution in [2.45, 2.75) is 12.2 Å². The summed E-state index contributed by atoms with van der Waals surface area (Å²) in [5, 5.41) is 3.28. The normalized spacial score (nSPS) is 15.2. The van der Waals surface area contributed by atoms with Gasteiger partial charge in [0, 0.05) is 5.75 Å². The predicted molar refractivity (Wildman–Crippen MR) is 74.7 cm³/mol. The maximum absolute atomic E-state index is 11.3. The number of carbonyl (C=O) groups excluding carboxylic acids is 1. The second-order valence-electron chi connectivity index (χ2n) is 4.56. The number of nitrogens with one attached hydrogen (secondary N) is 1. The molecule has 1 fully saturated rings. The summed E-state index contributed by atoms with van der Waals surface area (Å²) in [6.45, 7) is 2.30. The van der Waals surface area contributed by atoms with E-state index in [0.717, 1.165) is 30.3 Å². The Morgan fingerprint density at radius 3 is 2.72 bits per heavy atom. The van der Waals surface area contributed by atoms with E-state index in [0.29, 0.717) is 6.42 Å². The van der Waals surface area contributed by atoms with Crippen LogP contribution >= 0.6 is 11.8 Å². The highest BCUT2D eigenvalue weighted by Crippen LogP contribution is 2.20. The van der Waals surface area contributed by atoms with Gasteiger partial charge in [0.15, 0.2) is 0 Å². The Kier molecular flexibility index (Phi) is 5.08. The first-order valence-corrected chi connectivity index (χ1v) is 7.37. The highest BCUT2D eigenvalue weighted by atomic mass is 32.2. The van der Waals surface area contributed by atoms with Crippen molar-refractivity contribution in [3.63, 3.8) is 0 Å². The largest absolute Gasteiger partial charge is 0.469 e. The molecule has 0 atom stereocenters. The fourth-order valence-corrected chi connectivity index (χ4v) is 3.09. The van der Waals surface area contributed by atoms with Gasteiger partial charge in [0.25, 0.3) is 0 Å². The van der Waals surface area contributed by atoms with Crippen molar-refractivity contribution in [2.75, 3.05) is 26.0 Å². The number of thioether (sulfide) groups is 1. The van der Waals surface area contributed by atoms with Crippen molar-refractivity contribution >= 4 is 17.7 Å². The zero-order chi connectivity index (χ0) is 12.8. The molecule has 1 N–H and O–H groups in total. The van der Waals surface area contributed by atoms with Crippen molar-refractivity contribution in [1.82, 2.24) is 5.32 Å². The van der Waals surface area contributed by atoms with Crippen molar-refractivity contribution in [3.8, 4) is 0 Å². The molecular formula is C14H19NO2S. The molecular weight excluding hydrogens is 246 g/mol. The van der Waals surface area contributed by atoms with E-state index in [1.165, 1.54) is 18.4 Å². The first-order valence-electron chi connectivity index (χ1n) is 6.21. The average Bonchev–Trinajstić information content (AvgIpc) is 2.34. The van der Waals surface area contributed by atoms with Crippen molar-refractivity contribution in [1.29, 1.82) is 0 Å². The molecule has 1 saturated heterocycles. The van der Waals surface area contributed by atoms with E-state index in [1.807, 2.05) is 30.0 Å². The number of esters is 1. The van der Waals surface area contributed by atoms with Crippen LogP contribution in [-0.4, -0.2) is 31.9 Å². The van der Waals surface area contributed by atoms with Crippen LogP contribution in [0.1, 0.15) is 11.1 Å². The number of methoxy groups -OCH3 is 1. The van der Waals surface area contributed by atoms with E-state index < -0.39 is 0 Å². The lowest BCUT2D eigenvalue weighted by molar-refractivity contribution is -0.139. The number of hydrogen-bond donors (Lipinski definition) is 1. The number of rotatable bonds is 6. The first kappa shape index (κ1) is 13.4. The Hall–Kier alpha value is -1.00. The lowest BCUT2D eigenvalue weighted by atomic mass is 10.1. The van der Waals surface area contributed by atoms with Gasteiger partial charge in [-0.25, -0.2) is 0 Å². The molecule has 0 aliphatic carbocycles. The van der Waals surface area contributed by atoms with Gasteiger partial charge < -0.3 is 10.1 Å². The summed E-state index contributed by atoms with van der Waals surface area (Å²) in [5.41, 5.74) is 2.34. The van der Waals surface area contributed by atoms with Crippen LogP contribution in [-0.2, 0) is 21.7 Å². The molecule has 3 nitrogen and oxygen atoms in total. The number of benzene rings is 1. The summed E-state index contributed by atoms with van der Waals surface area (Å²) in [6.07, 6.45) is 0.373. The zero-order valence-corrected chi connectivity index (χ0v) is 11.5. The van der Waals surface area contributed by atoms with Gasteiger partial charge >= 0.3 is 5.97 Å². The Morgan fingerprint density at radius 2 is 2.11 bits per heavy atom. The smallest absolute Gasteiger partial charge is 0.309 e. The molecule has 18 heavy (non-hydrogen) atoms. The van der Waals surface area contributed by atoms with Gasteiger partial charge in [-0.1, -0.05) is 24.3 Å². The molecule has 1 aromatic carbocycles. The van der Waals surface area contributed by atoms with E-state index in [4.69, 9.17) is 4.74 Å². The molecule has 1 heterocycles. The maximum Gasteiger partial charge on any atom is 0.309 e. The van der Waals surface area contributed by atoms with Crippen LogP contribution in [0.2, 0.25) is 0 Å². The Labute approximate surface area is 112 Å². The second-order valence-corrected chi connectivity index (χ2v) is 5.59. The maximum atomic E-state index is 11.3. The molecule has 0 radical (unpaired) electrons. The Bertz CT molecular complexity index is 405. The predicted octanol–water partition coefficient (Wildman–Crippen LogP) is 1.85. The molecule has 0 amide bonds. The highest BCUT2D eigenvalue weighted by molar-refractivity contribution is 7.98. The molecule has 4 heteroatoms. The van der Waals surface area contributed by atoms with Crippen LogP contribution in [0.15, 0.2) is 24.3 Å². The first-order chi connectivity index (χ1) is 8.79. The van der Waals surface area contributed by atoms with Gasteiger partial charge in [-0.05, 0) is 35.9 Å². The van der Waals surface area contributed by atoms with Gasteiger partial charge in [0.2, 0.25) is 0 Å². The van der Waals surface area contributed by atoms with Crippen LogP contribution in [0.3, 0.4) is 0 Å². The summed E-state index contributed by atoms with van der Waals surface area (Å²) >= 11 is 1.95. The Morgan fingerprint density at radius 1 is 1.39 bits per heavy atom. The monoisotopic (exact) mass is 265 g/mol. The lowest BCUT2D eigenvalue weighted by Gasteiger charge is -2.26. The van der Waals surface area contributed by atoms with Crippen molar-refractivity contribution in [2.24, 2.45) is 5.92 Å². The fraction of sp³-hybridized carbons (Fsp3) is 0.500. The summed E-state index contributed by atoms with van der Waals surface area (Å²) < 4.78 is 4.72. The van der Waals surface area contributed by atoms with Crippen LogP contribution in [0, 0.1) is 5.92 Å². The lowest BCUT2D eigenvalue weighted by Crippen LogP contribution is -2.43. The summed E-state index contributed by atoms with van der Waals surface area (Å²) in [6, 6.07) is 8.12. The van der Waals surface area contributed by atoms with Crippen LogP contribution in [0.25, 0.3) is 0 Å². The molecule has 0 bridgehead atoms. The highest BCUT2D eigenvalue weighted by Gasteiger charge is 2.16. The fourth-order valence-electron chi connectivity index (χ4n) is 1.90. The quantitative estimate of drug-likeness (QED) is 0.797. The van der Waals surface area contributed by atoms with Crippen LogP contribution in [0.4, 0.5) is 0 Å².